The lowest BCUT2D eigenvalue weighted by Gasteiger charge is -2.15. The molecule has 0 aromatic heterocycles. The first-order chi connectivity index (χ1) is 13.0. The van der Waals surface area contributed by atoms with Crippen LogP contribution < -0.4 is 20.1 Å². The highest BCUT2D eigenvalue weighted by Gasteiger charge is 2.11. The average Bonchev–Trinajstić information content (AvgIpc) is 2.64. The summed E-state index contributed by atoms with van der Waals surface area (Å²) in [6.07, 6.45) is 0. The molecule has 3 N–H and O–H groups in total. The summed E-state index contributed by atoms with van der Waals surface area (Å²) >= 11 is 0. The molecule has 0 aliphatic heterocycles. The third-order valence-electron chi connectivity index (χ3n) is 3.60. The minimum absolute atomic E-state index is 0.0714. The highest BCUT2D eigenvalue weighted by molar-refractivity contribution is 5.79. The van der Waals surface area contributed by atoms with Gasteiger partial charge in [0.05, 0.1) is 13.7 Å². The molecule has 0 unspecified atom stereocenters. The zero-order valence-corrected chi connectivity index (χ0v) is 15.2. The van der Waals surface area contributed by atoms with Gasteiger partial charge < -0.3 is 25.2 Å². The van der Waals surface area contributed by atoms with Gasteiger partial charge in [-0.3, -0.25) is 0 Å². The number of aromatic hydroxyl groups is 1. The summed E-state index contributed by atoms with van der Waals surface area (Å²) in [6, 6.07) is 11.4. The summed E-state index contributed by atoms with van der Waals surface area (Å²) in [6.45, 7) is 0.199. The van der Waals surface area contributed by atoms with Crippen LogP contribution in [0.5, 0.6) is 17.2 Å². The smallest absolute Gasteiger partial charge is 0.387 e. The van der Waals surface area contributed by atoms with Crippen molar-refractivity contribution in [3.63, 3.8) is 0 Å². The Kier molecular flexibility index (Phi) is 7.66. The van der Waals surface area contributed by atoms with Crippen molar-refractivity contribution < 1.29 is 23.4 Å². The van der Waals surface area contributed by atoms with Gasteiger partial charge in [0.2, 0.25) is 0 Å². The Hall–Kier alpha value is -3.03. The maximum absolute atomic E-state index is 12.6. The van der Waals surface area contributed by atoms with Gasteiger partial charge in [0.1, 0.15) is 17.2 Å². The van der Waals surface area contributed by atoms with E-state index in [1.807, 2.05) is 13.0 Å². The first-order valence-electron chi connectivity index (χ1n) is 8.43. The quantitative estimate of drug-likeness (QED) is 0.485. The van der Waals surface area contributed by atoms with E-state index in [1.165, 1.54) is 13.2 Å². The predicted octanol–water partition coefficient (Wildman–Crippen LogP) is 3.26. The molecular formula is C19H23F2N3O3. The molecule has 0 spiro atoms. The van der Waals surface area contributed by atoms with E-state index in [4.69, 9.17) is 4.74 Å². The molecule has 0 bridgehead atoms. The maximum Gasteiger partial charge on any atom is 0.387 e. The van der Waals surface area contributed by atoms with Crippen molar-refractivity contribution in [1.29, 1.82) is 0 Å². The zero-order valence-electron chi connectivity index (χ0n) is 15.2. The number of ether oxygens (including phenoxy) is 2. The standard InChI is InChI=1S/C19H23F2N3O3/c1-3-22-19(23-11-13-5-4-6-15(25)9-13)24-12-14-10-16(26-2)7-8-17(14)27-18(20)21/h4-10,18,25H,3,11-12H2,1-2H3,(H2,22,23,24). The van der Waals surface area contributed by atoms with Crippen LogP contribution in [0.15, 0.2) is 47.5 Å². The summed E-state index contributed by atoms with van der Waals surface area (Å²) in [7, 11) is 1.50. The van der Waals surface area contributed by atoms with Crippen LogP contribution in [0.2, 0.25) is 0 Å². The van der Waals surface area contributed by atoms with E-state index in [0.717, 1.165) is 5.56 Å². The van der Waals surface area contributed by atoms with E-state index in [2.05, 4.69) is 20.4 Å². The average molecular weight is 379 g/mol. The maximum atomic E-state index is 12.6. The Balaban J connectivity index is 2.11. The van der Waals surface area contributed by atoms with Crippen LogP contribution in [0.3, 0.4) is 0 Å². The van der Waals surface area contributed by atoms with Crippen LogP contribution >= 0.6 is 0 Å². The largest absolute Gasteiger partial charge is 0.508 e. The minimum Gasteiger partial charge on any atom is -0.508 e. The van der Waals surface area contributed by atoms with Crippen molar-refractivity contribution in [2.75, 3.05) is 13.7 Å². The Morgan fingerprint density at radius 2 is 2.00 bits per heavy atom. The number of halogens is 2. The molecule has 0 amide bonds. The number of aliphatic imine (C=N–C) groups is 1. The van der Waals surface area contributed by atoms with Crippen molar-refractivity contribution in [3.05, 3.63) is 53.6 Å². The third-order valence-corrected chi connectivity index (χ3v) is 3.60. The molecule has 6 nitrogen and oxygen atoms in total. The number of methoxy groups -OCH3 is 1. The first-order valence-corrected chi connectivity index (χ1v) is 8.43. The lowest BCUT2D eigenvalue weighted by molar-refractivity contribution is -0.0504. The van der Waals surface area contributed by atoms with Gasteiger partial charge in [-0.15, -0.1) is 0 Å². The molecule has 0 fully saturated rings. The van der Waals surface area contributed by atoms with E-state index in [1.54, 1.807) is 30.3 Å². The molecule has 0 radical (unpaired) electrons. The monoisotopic (exact) mass is 379 g/mol. The number of nitrogens with zero attached hydrogens (tertiary/aromatic N) is 1. The van der Waals surface area contributed by atoms with Gasteiger partial charge >= 0.3 is 6.61 Å². The second-order valence-corrected chi connectivity index (χ2v) is 5.57. The topological polar surface area (TPSA) is 75.1 Å². The van der Waals surface area contributed by atoms with E-state index in [9.17, 15) is 13.9 Å². The Morgan fingerprint density at radius 3 is 2.67 bits per heavy atom. The molecule has 2 aromatic rings. The van der Waals surface area contributed by atoms with E-state index in [0.29, 0.717) is 30.4 Å². The number of hydrogen-bond acceptors (Lipinski definition) is 4. The van der Waals surface area contributed by atoms with Crippen molar-refractivity contribution >= 4 is 5.96 Å². The van der Waals surface area contributed by atoms with Gasteiger partial charge in [-0.05, 0) is 42.8 Å². The predicted molar refractivity (Wildman–Crippen MR) is 99.4 cm³/mol. The number of rotatable bonds is 8. The molecule has 0 atom stereocenters. The molecule has 0 saturated heterocycles. The fourth-order valence-corrected chi connectivity index (χ4v) is 2.38. The molecule has 0 heterocycles. The third kappa shape index (κ3) is 6.65. The summed E-state index contributed by atoms with van der Waals surface area (Å²) in [5.41, 5.74) is 1.35. The van der Waals surface area contributed by atoms with Crippen LogP contribution in [0, 0.1) is 0 Å². The zero-order chi connectivity index (χ0) is 19.6. The summed E-state index contributed by atoms with van der Waals surface area (Å²) < 4.78 is 34.9. The van der Waals surface area contributed by atoms with Crippen molar-refractivity contribution in [2.24, 2.45) is 4.99 Å². The van der Waals surface area contributed by atoms with Crippen molar-refractivity contribution in [1.82, 2.24) is 10.6 Å². The summed E-state index contributed by atoms with van der Waals surface area (Å²) in [5, 5.41) is 15.7. The van der Waals surface area contributed by atoms with Crippen LogP contribution in [0.25, 0.3) is 0 Å². The molecule has 146 valence electrons. The highest BCUT2D eigenvalue weighted by Crippen LogP contribution is 2.25. The van der Waals surface area contributed by atoms with Gasteiger partial charge in [-0.25, -0.2) is 4.99 Å². The number of alkyl halides is 2. The SMILES string of the molecule is CCNC(=NCc1cccc(O)c1)NCc1cc(OC)ccc1OC(F)F. The van der Waals surface area contributed by atoms with Gasteiger partial charge in [0.25, 0.3) is 0 Å². The van der Waals surface area contributed by atoms with E-state index in [-0.39, 0.29) is 18.0 Å². The summed E-state index contributed by atoms with van der Waals surface area (Å²) in [5.74, 6) is 1.29. The number of benzene rings is 2. The van der Waals surface area contributed by atoms with Gasteiger partial charge in [0.15, 0.2) is 5.96 Å². The number of hydrogen-bond donors (Lipinski definition) is 3. The molecule has 0 aliphatic carbocycles. The molecule has 0 aliphatic rings. The van der Waals surface area contributed by atoms with Gasteiger partial charge in [0, 0.05) is 18.7 Å². The van der Waals surface area contributed by atoms with Gasteiger partial charge in [-0.1, -0.05) is 12.1 Å². The molecule has 2 aromatic carbocycles. The molecular weight excluding hydrogens is 356 g/mol. The molecule has 0 saturated carbocycles. The number of guanidine groups is 1. The van der Waals surface area contributed by atoms with Crippen LogP contribution in [-0.4, -0.2) is 31.3 Å². The van der Waals surface area contributed by atoms with Crippen LogP contribution in [0.4, 0.5) is 8.78 Å². The lowest BCUT2D eigenvalue weighted by Crippen LogP contribution is -2.36. The molecule has 27 heavy (non-hydrogen) atoms. The number of phenolic OH excluding ortho intramolecular Hbond substituents is 1. The Bertz CT molecular complexity index is 770. The summed E-state index contributed by atoms with van der Waals surface area (Å²) in [4.78, 5) is 4.44. The Labute approximate surface area is 156 Å². The minimum atomic E-state index is -2.91. The normalized spacial score (nSPS) is 11.4. The lowest BCUT2D eigenvalue weighted by atomic mass is 10.2. The molecule has 2 rings (SSSR count). The number of phenols is 1. The second-order valence-electron chi connectivity index (χ2n) is 5.57. The van der Waals surface area contributed by atoms with Gasteiger partial charge in [-0.2, -0.15) is 8.78 Å². The molecule has 8 heteroatoms. The van der Waals surface area contributed by atoms with Crippen molar-refractivity contribution in [3.8, 4) is 17.2 Å². The van der Waals surface area contributed by atoms with Crippen LogP contribution in [0.1, 0.15) is 18.1 Å². The fourth-order valence-electron chi connectivity index (χ4n) is 2.38. The Morgan fingerprint density at radius 1 is 1.19 bits per heavy atom. The number of nitrogens with one attached hydrogen (secondary N) is 2. The fraction of sp³-hybridized carbons (Fsp3) is 0.316. The highest BCUT2D eigenvalue weighted by atomic mass is 19.3. The first kappa shape index (κ1) is 20.3. The van der Waals surface area contributed by atoms with E-state index < -0.39 is 6.61 Å². The second kappa shape index (κ2) is 10.2. The van der Waals surface area contributed by atoms with Crippen molar-refractivity contribution in [2.45, 2.75) is 26.6 Å². The van der Waals surface area contributed by atoms with E-state index >= 15 is 0 Å². The van der Waals surface area contributed by atoms with Crippen LogP contribution in [-0.2, 0) is 13.1 Å².